The molecule has 0 spiro atoms. The first-order chi connectivity index (χ1) is 12.2. The molecule has 0 unspecified atom stereocenters. The molecule has 1 aliphatic heterocycles. The third kappa shape index (κ3) is 3.22. The van der Waals surface area contributed by atoms with Gasteiger partial charge in [0.15, 0.2) is 0 Å². The van der Waals surface area contributed by atoms with Gasteiger partial charge in [0.1, 0.15) is 16.4 Å². The first kappa shape index (κ1) is 15.7. The molecule has 1 aliphatic rings. The number of aromatic nitrogens is 5. The van der Waals surface area contributed by atoms with Crippen LogP contribution >= 0.6 is 11.5 Å². The van der Waals surface area contributed by atoms with Crippen LogP contribution < -0.4 is 5.69 Å². The highest BCUT2D eigenvalue weighted by molar-refractivity contribution is 7.08. The zero-order valence-electron chi connectivity index (χ0n) is 13.3. The summed E-state index contributed by atoms with van der Waals surface area (Å²) in [5, 5.41) is 6.38. The standard InChI is InChI=1S/C16H16N6O2S/c23-15(13-9-12(21-25-13)11-3-1-2-6-17-11)22-7-4-10(5-8-22)14-18-16(24)20-19-14/h1-3,6,9-10H,4-5,7-8H2,(H2,18,19,20,24). The van der Waals surface area contributed by atoms with Crippen molar-refractivity contribution in [1.82, 2.24) is 29.4 Å². The molecule has 0 saturated carbocycles. The third-order valence-corrected chi connectivity index (χ3v) is 5.11. The van der Waals surface area contributed by atoms with Crippen molar-refractivity contribution in [1.29, 1.82) is 0 Å². The van der Waals surface area contributed by atoms with E-state index >= 15 is 0 Å². The summed E-state index contributed by atoms with van der Waals surface area (Å²) in [7, 11) is 0. The summed E-state index contributed by atoms with van der Waals surface area (Å²) in [5.74, 6) is 0.842. The van der Waals surface area contributed by atoms with Crippen LogP contribution in [-0.4, -0.2) is 48.4 Å². The number of nitrogens with zero attached hydrogens (tertiary/aromatic N) is 4. The second-order valence-electron chi connectivity index (χ2n) is 5.92. The Morgan fingerprint density at radius 2 is 2.08 bits per heavy atom. The van der Waals surface area contributed by atoms with E-state index in [1.54, 1.807) is 12.3 Å². The zero-order chi connectivity index (χ0) is 17.2. The van der Waals surface area contributed by atoms with E-state index in [4.69, 9.17) is 0 Å². The molecule has 3 aromatic heterocycles. The van der Waals surface area contributed by atoms with Gasteiger partial charge in [0.05, 0.1) is 5.69 Å². The van der Waals surface area contributed by atoms with Crippen LogP contribution in [0.15, 0.2) is 35.3 Å². The molecule has 0 bridgehead atoms. The normalized spacial score (nSPS) is 15.4. The topological polar surface area (TPSA) is 108 Å². The predicted octanol–water partition coefficient (Wildman–Crippen LogP) is 1.64. The van der Waals surface area contributed by atoms with Gasteiger partial charge < -0.3 is 4.90 Å². The summed E-state index contributed by atoms with van der Waals surface area (Å²) < 4.78 is 4.35. The van der Waals surface area contributed by atoms with Gasteiger partial charge in [-0.25, -0.2) is 9.89 Å². The molecule has 0 atom stereocenters. The Morgan fingerprint density at radius 3 is 2.76 bits per heavy atom. The minimum Gasteiger partial charge on any atom is -0.338 e. The molecular formula is C16H16N6O2S. The molecule has 2 N–H and O–H groups in total. The molecule has 0 radical (unpaired) electrons. The molecule has 0 aliphatic carbocycles. The highest BCUT2D eigenvalue weighted by Crippen LogP contribution is 2.27. The van der Waals surface area contributed by atoms with Gasteiger partial charge in [0.2, 0.25) is 0 Å². The van der Waals surface area contributed by atoms with Crippen LogP contribution in [0.2, 0.25) is 0 Å². The van der Waals surface area contributed by atoms with Crippen LogP contribution in [0.5, 0.6) is 0 Å². The fourth-order valence-electron chi connectivity index (χ4n) is 3.00. The first-order valence-electron chi connectivity index (χ1n) is 8.02. The van der Waals surface area contributed by atoms with Gasteiger partial charge in [-0.1, -0.05) is 6.07 Å². The van der Waals surface area contributed by atoms with Gasteiger partial charge in [-0.05, 0) is 42.6 Å². The largest absolute Gasteiger partial charge is 0.340 e. The summed E-state index contributed by atoms with van der Waals surface area (Å²) in [6.45, 7) is 1.27. The van der Waals surface area contributed by atoms with Gasteiger partial charge in [-0.2, -0.15) is 9.47 Å². The Bertz CT molecular complexity index is 923. The molecule has 4 heterocycles. The van der Waals surface area contributed by atoms with Crippen molar-refractivity contribution >= 4 is 17.4 Å². The lowest BCUT2D eigenvalue weighted by Gasteiger charge is -2.30. The fraction of sp³-hybridized carbons (Fsp3) is 0.312. The molecular weight excluding hydrogens is 340 g/mol. The Kier molecular flexibility index (Phi) is 4.14. The molecule has 25 heavy (non-hydrogen) atoms. The second kappa shape index (κ2) is 6.60. The quantitative estimate of drug-likeness (QED) is 0.742. The van der Waals surface area contributed by atoms with Crippen molar-refractivity contribution in [3.63, 3.8) is 0 Å². The zero-order valence-corrected chi connectivity index (χ0v) is 14.1. The molecule has 4 rings (SSSR count). The number of pyridine rings is 1. The highest BCUT2D eigenvalue weighted by atomic mass is 32.1. The number of H-pyrrole nitrogens is 2. The van der Waals surface area contributed by atoms with Crippen molar-refractivity contribution in [2.75, 3.05) is 13.1 Å². The van der Waals surface area contributed by atoms with Crippen LogP contribution in [0.25, 0.3) is 11.4 Å². The number of rotatable bonds is 3. The van der Waals surface area contributed by atoms with Gasteiger partial charge in [-0.3, -0.25) is 14.8 Å². The Hall–Kier alpha value is -2.81. The number of hydrogen-bond acceptors (Lipinski definition) is 6. The average Bonchev–Trinajstić information content (AvgIpc) is 3.31. The van der Waals surface area contributed by atoms with Crippen molar-refractivity contribution in [2.45, 2.75) is 18.8 Å². The number of aromatic amines is 2. The lowest BCUT2D eigenvalue weighted by atomic mass is 9.96. The van der Waals surface area contributed by atoms with Crippen LogP contribution in [0, 0.1) is 0 Å². The Morgan fingerprint density at radius 1 is 1.24 bits per heavy atom. The number of nitrogens with one attached hydrogen (secondary N) is 2. The number of carbonyl (C=O) groups is 1. The molecule has 128 valence electrons. The summed E-state index contributed by atoms with van der Waals surface area (Å²) in [6, 6.07) is 7.41. The minimum absolute atomic E-state index is 0.00588. The van der Waals surface area contributed by atoms with E-state index in [2.05, 4.69) is 24.5 Å². The Balaban J connectivity index is 1.42. The van der Waals surface area contributed by atoms with E-state index in [9.17, 15) is 9.59 Å². The molecule has 9 heteroatoms. The first-order valence-corrected chi connectivity index (χ1v) is 8.80. The van der Waals surface area contributed by atoms with E-state index in [0.717, 1.165) is 24.2 Å². The monoisotopic (exact) mass is 356 g/mol. The molecule has 0 aromatic carbocycles. The van der Waals surface area contributed by atoms with Crippen LogP contribution in [0.4, 0.5) is 0 Å². The maximum Gasteiger partial charge on any atom is 0.340 e. The van der Waals surface area contributed by atoms with Crippen molar-refractivity contribution in [3.8, 4) is 11.4 Å². The summed E-state index contributed by atoms with van der Waals surface area (Å²) >= 11 is 1.20. The summed E-state index contributed by atoms with van der Waals surface area (Å²) in [6.07, 6.45) is 3.26. The van der Waals surface area contributed by atoms with Crippen molar-refractivity contribution in [2.24, 2.45) is 0 Å². The van der Waals surface area contributed by atoms with E-state index in [1.807, 2.05) is 23.1 Å². The molecule has 3 aromatic rings. The van der Waals surface area contributed by atoms with Gasteiger partial charge in [0, 0.05) is 25.2 Å². The second-order valence-corrected chi connectivity index (χ2v) is 6.73. The van der Waals surface area contributed by atoms with E-state index in [0.29, 0.717) is 23.8 Å². The SMILES string of the molecule is O=C(c1cc(-c2ccccn2)ns1)N1CCC(c2n[nH]c(=O)[nH]2)CC1. The fourth-order valence-corrected chi connectivity index (χ4v) is 3.71. The van der Waals surface area contributed by atoms with E-state index in [-0.39, 0.29) is 17.5 Å². The molecule has 8 nitrogen and oxygen atoms in total. The number of carbonyl (C=O) groups excluding carboxylic acids is 1. The van der Waals surface area contributed by atoms with E-state index < -0.39 is 0 Å². The Labute approximate surface area is 147 Å². The smallest absolute Gasteiger partial charge is 0.338 e. The van der Waals surface area contributed by atoms with Crippen molar-refractivity contribution in [3.05, 3.63) is 51.6 Å². The van der Waals surface area contributed by atoms with E-state index in [1.165, 1.54) is 11.5 Å². The maximum atomic E-state index is 12.7. The number of likely N-dealkylation sites (tertiary alicyclic amines) is 1. The number of amides is 1. The van der Waals surface area contributed by atoms with Crippen molar-refractivity contribution < 1.29 is 4.79 Å². The lowest BCUT2D eigenvalue weighted by Crippen LogP contribution is -2.37. The molecule has 1 fully saturated rings. The minimum atomic E-state index is -0.291. The molecule has 1 saturated heterocycles. The van der Waals surface area contributed by atoms with Gasteiger partial charge in [-0.15, -0.1) is 0 Å². The maximum absolute atomic E-state index is 12.7. The van der Waals surface area contributed by atoms with Crippen LogP contribution in [0.3, 0.4) is 0 Å². The predicted molar refractivity (Wildman–Crippen MR) is 92.4 cm³/mol. The van der Waals surface area contributed by atoms with Gasteiger partial charge in [0.25, 0.3) is 5.91 Å². The van der Waals surface area contributed by atoms with Crippen LogP contribution in [-0.2, 0) is 0 Å². The van der Waals surface area contributed by atoms with Gasteiger partial charge >= 0.3 is 5.69 Å². The molecule has 1 amide bonds. The summed E-state index contributed by atoms with van der Waals surface area (Å²) in [4.78, 5) is 33.3. The lowest BCUT2D eigenvalue weighted by molar-refractivity contribution is 0.0716. The average molecular weight is 356 g/mol. The number of piperidine rings is 1. The van der Waals surface area contributed by atoms with Crippen LogP contribution in [0.1, 0.15) is 34.3 Å². The highest BCUT2D eigenvalue weighted by Gasteiger charge is 2.27. The third-order valence-electron chi connectivity index (χ3n) is 4.34. The number of hydrogen-bond donors (Lipinski definition) is 2. The summed E-state index contributed by atoms with van der Waals surface area (Å²) in [5.41, 5.74) is 1.19.